The molecule has 0 spiro atoms. The number of carbonyl (C=O) groups excluding carboxylic acids is 3. The number of anilines is 2. The maximum absolute atomic E-state index is 15.0. The fourth-order valence-corrected chi connectivity index (χ4v) is 4.77. The fourth-order valence-electron chi connectivity index (χ4n) is 4.77. The molecule has 5 rings (SSSR count). The van der Waals surface area contributed by atoms with Gasteiger partial charge in [-0.3, -0.25) is 24.3 Å². The van der Waals surface area contributed by atoms with Crippen molar-refractivity contribution in [2.45, 2.75) is 6.10 Å². The number of hydrogen-bond donors (Lipinski definition) is 0. The Morgan fingerprint density at radius 3 is 2.33 bits per heavy atom. The van der Waals surface area contributed by atoms with E-state index < -0.39 is 18.0 Å². The number of ether oxygens (including phenoxy) is 1. The van der Waals surface area contributed by atoms with Crippen LogP contribution < -0.4 is 9.80 Å². The minimum atomic E-state index is -0.605. The van der Waals surface area contributed by atoms with Crippen LogP contribution in [0.5, 0.6) is 0 Å². The van der Waals surface area contributed by atoms with Crippen LogP contribution in [-0.2, 0) is 4.74 Å². The molecule has 12 heteroatoms. The second-order valence-corrected chi connectivity index (χ2v) is 8.80. The number of fused-ring (bicyclic) bond motifs is 1. The molecule has 0 aromatic heterocycles. The van der Waals surface area contributed by atoms with Crippen molar-refractivity contribution in [1.82, 2.24) is 9.80 Å². The molecule has 2 saturated heterocycles. The molecule has 3 amide bonds. The van der Waals surface area contributed by atoms with E-state index in [4.69, 9.17) is 10.3 Å². The molecule has 0 bridgehead atoms. The van der Waals surface area contributed by atoms with Crippen LogP contribution in [0.15, 0.2) is 47.6 Å². The van der Waals surface area contributed by atoms with Gasteiger partial charge in [-0.25, -0.2) is 9.18 Å². The lowest BCUT2D eigenvalue weighted by molar-refractivity contribution is 0.0634. The Morgan fingerprint density at radius 1 is 1.00 bits per heavy atom. The van der Waals surface area contributed by atoms with Crippen LogP contribution in [0.2, 0.25) is 0 Å². The number of piperazine rings is 1. The Balaban J connectivity index is 1.15. The first-order valence-electron chi connectivity index (χ1n) is 11.7. The SMILES string of the molecule is [N-]=[N+]=NC[C@H]1CN(c2ccc(N3CCN(CCN4C(=O)c5ccccc5C4=O)CC3)c(F)c2)C(=O)O1. The second kappa shape index (κ2) is 9.84. The summed E-state index contributed by atoms with van der Waals surface area (Å²) >= 11 is 0. The third-order valence-corrected chi connectivity index (χ3v) is 6.70. The molecule has 3 heterocycles. The summed E-state index contributed by atoms with van der Waals surface area (Å²) in [6.07, 6.45) is -1.17. The molecule has 0 radical (unpaired) electrons. The zero-order valence-electron chi connectivity index (χ0n) is 19.4. The van der Waals surface area contributed by atoms with Gasteiger partial charge in [0.05, 0.1) is 35.6 Å². The van der Waals surface area contributed by atoms with Gasteiger partial charge in [0.1, 0.15) is 11.9 Å². The number of hydrogen-bond acceptors (Lipinski definition) is 7. The Bertz CT molecular complexity index is 1220. The van der Waals surface area contributed by atoms with Crippen LogP contribution in [0, 0.1) is 5.82 Å². The summed E-state index contributed by atoms with van der Waals surface area (Å²) in [5.74, 6) is -0.969. The van der Waals surface area contributed by atoms with Gasteiger partial charge in [-0.15, -0.1) is 0 Å². The van der Waals surface area contributed by atoms with Gasteiger partial charge in [0.25, 0.3) is 11.8 Å². The predicted molar refractivity (Wildman–Crippen MR) is 128 cm³/mol. The summed E-state index contributed by atoms with van der Waals surface area (Å²) in [5, 5.41) is 3.42. The Hall–Kier alpha value is -4.15. The highest BCUT2D eigenvalue weighted by molar-refractivity contribution is 6.21. The maximum atomic E-state index is 15.0. The average molecular weight is 493 g/mol. The standard InChI is InChI=1S/C24H24FN7O4/c25-20-13-16(32-15-17(14-27-28-26)36-24(32)35)5-6-21(20)30-10-7-29(8-11-30)9-12-31-22(33)18-3-1-2-4-19(18)23(31)34/h1-6,13,17H,7-12,14-15H2/t17-/m0/s1. The van der Waals surface area contributed by atoms with E-state index in [9.17, 15) is 18.8 Å². The Labute approximate surface area is 206 Å². The smallest absolute Gasteiger partial charge is 0.414 e. The van der Waals surface area contributed by atoms with Gasteiger partial charge in [-0.05, 0) is 35.9 Å². The maximum Gasteiger partial charge on any atom is 0.414 e. The van der Waals surface area contributed by atoms with E-state index in [2.05, 4.69) is 14.9 Å². The highest BCUT2D eigenvalue weighted by Crippen LogP contribution is 2.29. The van der Waals surface area contributed by atoms with Crippen molar-refractivity contribution < 1.29 is 23.5 Å². The van der Waals surface area contributed by atoms with Crippen molar-refractivity contribution in [1.29, 1.82) is 0 Å². The van der Waals surface area contributed by atoms with Crippen molar-refractivity contribution in [2.24, 2.45) is 5.11 Å². The molecule has 0 saturated carbocycles. The van der Waals surface area contributed by atoms with Gasteiger partial charge in [0.15, 0.2) is 0 Å². The van der Waals surface area contributed by atoms with Crippen molar-refractivity contribution in [3.63, 3.8) is 0 Å². The third-order valence-electron chi connectivity index (χ3n) is 6.70. The summed E-state index contributed by atoms with van der Waals surface area (Å²) in [7, 11) is 0. The minimum absolute atomic E-state index is 0.0244. The molecule has 11 nitrogen and oxygen atoms in total. The van der Waals surface area contributed by atoms with E-state index in [0.717, 1.165) is 0 Å². The van der Waals surface area contributed by atoms with Gasteiger partial charge in [0.2, 0.25) is 0 Å². The zero-order chi connectivity index (χ0) is 25.2. The monoisotopic (exact) mass is 493 g/mol. The summed E-state index contributed by atoms with van der Waals surface area (Å²) in [6, 6.07) is 11.5. The van der Waals surface area contributed by atoms with Crippen molar-refractivity contribution in [3.8, 4) is 0 Å². The van der Waals surface area contributed by atoms with Crippen LogP contribution in [0.1, 0.15) is 20.7 Å². The third kappa shape index (κ3) is 4.43. The first-order chi connectivity index (χ1) is 17.5. The van der Waals surface area contributed by atoms with Crippen LogP contribution in [-0.4, -0.2) is 86.2 Å². The first-order valence-corrected chi connectivity index (χ1v) is 11.7. The van der Waals surface area contributed by atoms with E-state index in [-0.39, 0.29) is 24.9 Å². The van der Waals surface area contributed by atoms with E-state index in [1.807, 2.05) is 4.90 Å². The molecular formula is C24H24FN7O4. The quantitative estimate of drug-likeness (QED) is 0.253. The van der Waals surface area contributed by atoms with E-state index in [0.29, 0.717) is 61.8 Å². The van der Waals surface area contributed by atoms with Crippen molar-refractivity contribution >= 4 is 29.3 Å². The summed E-state index contributed by atoms with van der Waals surface area (Å²) in [4.78, 5) is 46.6. The number of nitrogens with zero attached hydrogens (tertiary/aromatic N) is 7. The normalized spacial score (nSPS) is 20.0. The molecule has 2 aromatic rings. The number of imide groups is 1. The van der Waals surface area contributed by atoms with Crippen molar-refractivity contribution in [2.75, 3.05) is 62.2 Å². The summed E-state index contributed by atoms with van der Waals surface area (Å²) in [5.41, 5.74) is 10.1. The highest BCUT2D eigenvalue weighted by Gasteiger charge is 2.35. The minimum Gasteiger partial charge on any atom is -0.444 e. The predicted octanol–water partition coefficient (Wildman–Crippen LogP) is 2.88. The molecule has 0 unspecified atom stereocenters. The fraction of sp³-hybridized carbons (Fsp3) is 0.375. The molecule has 2 fully saturated rings. The van der Waals surface area contributed by atoms with Gasteiger partial charge in [-0.1, -0.05) is 17.2 Å². The van der Waals surface area contributed by atoms with Gasteiger partial charge in [0, 0.05) is 44.2 Å². The Morgan fingerprint density at radius 2 is 1.69 bits per heavy atom. The van der Waals surface area contributed by atoms with Gasteiger partial charge < -0.3 is 9.64 Å². The van der Waals surface area contributed by atoms with Gasteiger partial charge >= 0.3 is 6.09 Å². The number of halogens is 1. The van der Waals surface area contributed by atoms with E-state index >= 15 is 0 Å². The lowest BCUT2D eigenvalue weighted by Gasteiger charge is -2.36. The number of carbonyl (C=O) groups is 3. The van der Waals surface area contributed by atoms with Crippen LogP contribution in [0.25, 0.3) is 10.4 Å². The van der Waals surface area contributed by atoms with E-state index in [1.54, 1.807) is 36.4 Å². The molecule has 3 aliphatic rings. The van der Waals surface area contributed by atoms with Crippen molar-refractivity contribution in [3.05, 3.63) is 69.9 Å². The summed E-state index contributed by atoms with van der Waals surface area (Å²) < 4.78 is 20.2. The average Bonchev–Trinajstić information content (AvgIpc) is 3.38. The molecule has 0 N–H and O–H groups in total. The molecule has 186 valence electrons. The number of azide groups is 1. The largest absolute Gasteiger partial charge is 0.444 e. The van der Waals surface area contributed by atoms with Gasteiger partial charge in [-0.2, -0.15) is 0 Å². The topological polar surface area (TPSA) is 122 Å². The molecule has 1 atom stereocenters. The molecule has 0 aliphatic carbocycles. The number of cyclic esters (lactones) is 1. The molecule has 3 aliphatic heterocycles. The lowest BCUT2D eigenvalue weighted by Crippen LogP contribution is -2.49. The second-order valence-electron chi connectivity index (χ2n) is 8.80. The molecule has 2 aromatic carbocycles. The van der Waals surface area contributed by atoms with Crippen LogP contribution >= 0.6 is 0 Å². The molecule has 36 heavy (non-hydrogen) atoms. The number of amides is 3. The zero-order valence-corrected chi connectivity index (χ0v) is 19.4. The first kappa shape index (κ1) is 23.6. The number of benzene rings is 2. The lowest BCUT2D eigenvalue weighted by atomic mass is 10.1. The highest BCUT2D eigenvalue weighted by atomic mass is 19.1. The summed E-state index contributed by atoms with van der Waals surface area (Å²) in [6.45, 7) is 3.54. The Kier molecular flexibility index (Phi) is 6.45. The number of rotatable bonds is 7. The molecular weight excluding hydrogens is 469 g/mol. The van der Waals surface area contributed by atoms with Crippen LogP contribution in [0.3, 0.4) is 0 Å². The van der Waals surface area contributed by atoms with Crippen LogP contribution in [0.4, 0.5) is 20.6 Å². The van der Waals surface area contributed by atoms with E-state index in [1.165, 1.54) is 15.9 Å².